The number of ether oxygens (including phenoxy) is 2. The maximum Gasteiger partial charge on any atom is 0.317 e. The summed E-state index contributed by atoms with van der Waals surface area (Å²) >= 11 is 0. The van der Waals surface area contributed by atoms with Crippen LogP contribution >= 0.6 is 0 Å². The molecule has 2 unspecified atom stereocenters. The van der Waals surface area contributed by atoms with Crippen LogP contribution in [0.1, 0.15) is 6.42 Å². The lowest BCUT2D eigenvalue weighted by Gasteiger charge is -2.32. The Labute approximate surface area is 105 Å². The number of carbonyl (C=O) groups is 1. The van der Waals surface area contributed by atoms with E-state index in [-0.39, 0.29) is 24.5 Å². The summed E-state index contributed by atoms with van der Waals surface area (Å²) in [7, 11) is 0. The van der Waals surface area contributed by atoms with Crippen molar-refractivity contribution in [2.75, 3.05) is 32.9 Å². The lowest BCUT2D eigenvalue weighted by Crippen LogP contribution is -2.54. The van der Waals surface area contributed by atoms with Crippen LogP contribution in [-0.4, -0.2) is 67.0 Å². The first-order valence-electron chi connectivity index (χ1n) is 5.93. The zero-order valence-corrected chi connectivity index (χ0v) is 10.0. The average Bonchev–Trinajstić information content (AvgIpc) is 2.90. The van der Waals surface area contributed by atoms with Gasteiger partial charge in [-0.2, -0.15) is 0 Å². The summed E-state index contributed by atoms with van der Waals surface area (Å²) in [5, 5.41) is 14.4. The van der Waals surface area contributed by atoms with E-state index in [4.69, 9.17) is 20.4 Å². The third-order valence-corrected chi connectivity index (χ3v) is 3.06. The van der Waals surface area contributed by atoms with Gasteiger partial charge in [0.2, 0.25) is 0 Å². The molecule has 2 aliphatic heterocycles. The predicted octanol–water partition coefficient (Wildman–Crippen LogP) is -1.07. The Bertz CT molecular complexity index is 330. The van der Waals surface area contributed by atoms with Crippen LogP contribution in [0.2, 0.25) is 0 Å². The molecule has 2 amide bonds. The lowest BCUT2D eigenvalue weighted by atomic mass is 10.2. The molecule has 0 aromatic carbocycles. The fourth-order valence-electron chi connectivity index (χ4n) is 1.99. The third kappa shape index (κ3) is 3.02. The molecule has 0 bridgehead atoms. The number of nitrogens with two attached hydrogens (primary N) is 1. The summed E-state index contributed by atoms with van der Waals surface area (Å²) in [6, 6.07) is -0.0906. The molecule has 2 aliphatic rings. The molecule has 4 N–H and O–H groups in total. The summed E-state index contributed by atoms with van der Waals surface area (Å²) in [5.41, 5.74) is 5.47. The molecule has 102 valence electrons. The first-order valence-corrected chi connectivity index (χ1v) is 5.93. The van der Waals surface area contributed by atoms with Crippen LogP contribution < -0.4 is 11.1 Å². The zero-order valence-electron chi connectivity index (χ0n) is 10.0. The fourth-order valence-corrected chi connectivity index (χ4v) is 1.99. The van der Waals surface area contributed by atoms with Gasteiger partial charge in [-0.3, -0.25) is 0 Å². The summed E-state index contributed by atoms with van der Waals surface area (Å²) in [6.07, 6.45) is 0.286. The zero-order chi connectivity index (χ0) is 13.0. The minimum atomic E-state index is -0.547. The number of hydrogen-bond donors (Lipinski definition) is 3. The molecule has 2 saturated heterocycles. The molecular weight excluding hydrogens is 240 g/mol. The molecule has 8 nitrogen and oxygen atoms in total. The van der Waals surface area contributed by atoms with E-state index in [1.54, 1.807) is 4.90 Å². The predicted molar refractivity (Wildman–Crippen MR) is 62.5 cm³/mol. The van der Waals surface area contributed by atoms with Gasteiger partial charge in [-0.15, -0.1) is 0 Å². The molecule has 2 heterocycles. The van der Waals surface area contributed by atoms with E-state index >= 15 is 0 Å². The summed E-state index contributed by atoms with van der Waals surface area (Å²) in [6.45, 7) is 2.39. The topological polar surface area (TPSA) is 109 Å². The van der Waals surface area contributed by atoms with Crippen LogP contribution in [-0.2, 0) is 9.47 Å². The van der Waals surface area contributed by atoms with E-state index in [1.165, 1.54) is 0 Å². The first-order chi connectivity index (χ1) is 8.70. The second-order valence-electron chi connectivity index (χ2n) is 4.34. The van der Waals surface area contributed by atoms with Crippen LogP contribution in [0.3, 0.4) is 0 Å². The van der Waals surface area contributed by atoms with Crippen molar-refractivity contribution < 1.29 is 19.5 Å². The number of rotatable bonds is 2. The van der Waals surface area contributed by atoms with Gasteiger partial charge in [0.05, 0.1) is 25.8 Å². The highest BCUT2D eigenvalue weighted by atomic mass is 16.5. The van der Waals surface area contributed by atoms with Crippen LogP contribution in [0.5, 0.6) is 0 Å². The van der Waals surface area contributed by atoms with Gasteiger partial charge in [0.1, 0.15) is 6.10 Å². The minimum Gasteiger partial charge on any atom is -0.409 e. The fraction of sp³-hybridized carbons (Fsp3) is 0.800. The molecule has 0 spiro atoms. The van der Waals surface area contributed by atoms with Crippen molar-refractivity contribution in [3.05, 3.63) is 0 Å². The number of urea groups is 1. The van der Waals surface area contributed by atoms with Gasteiger partial charge in [-0.05, 0) is 6.42 Å². The normalized spacial score (nSPS) is 29.3. The molecule has 2 atom stereocenters. The van der Waals surface area contributed by atoms with Crippen LogP contribution in [0.15, 0.2) is 5.16 Å². The van der Waals surface area contributed by atoms with Gasteiger partial charge in [0.25, 0.3) is 0 Å². The summed E-state index contributed by atoms with van der Waals surface area (Å²) < 4.78 is 10.5. The Morgan fingerprint density at radius 2 is 2.33 bits per heavy atom. The molecule has 18 heavy (non-hydrogen) atoms. The largest absolute Gasteiger partial charge is 0.409 e. The number of carbonyl (C=O) groups excluding carboxylic acids is 1. The molecule has 2 fully saturated rings. The first kappa shape index (κ1) is 12.9. The Kier molecular flexibility index (Phi) is 4.21. The van der Waals surface area contributed by atoms with Crippen molar-refractivity contribution in [1.29, 1.82) is 0 Å². The monoisotopic (exact) mass is 258 g/mol. The minimum absolute atomic E-state index is 0.0169. The molecule has 0 aliphatic carbocycles. The number of hydrogen-bond acceptors (Lipinski definition) is 5. The van der Waals surface area contributed by atoms with E-state index in [0.29, 0.717) is 26.4 Å². The molecule has 8 heteroatoms. The molecule has 0 aromatic heterocycles. The van der Waals surface area contributed by atoms with E-state index in [2.05, 4.69) is 10.5 Å². The molecule has 0 aromatic rings. The number of morpholine rings is 1. The Balaban J connectivity index is 1.85. The Morgan fingerprint density at radius 1 is 1.50 bits per heavy atom. The Hall–Kier alpha value is -1.54. The van der Waals surface area contributed by atoms with E-state index in [9.17, 15) is 4.79 Å². The van der Waals surface area contributed by atoms with Gasteiger partial charge in [0.15, 0.2) is 5.84 Å². The highest BCUT2D eigenvalue weighted by Crippen LogP contribution is 2.08. The number of nitrogens with zero attached hydrogens (tertiary/aromatic N) is 2. The third-order valence-electron chi connectivity index (χ3n) is 3.06. The highest BCUT2D eigenvalue weighted by Gasteiger charge is 2.28. The molecular formula is C10H18N4O4. The van der Waals surface area contributed by atoms with E-state index in [0.717, 1.165) is 6.42 Å². The van der Waals surface area contributed by atoms with Crippen molar-refractivity contribution in [2.45, 2.75) is 18.6 Å². The van der Waals surface area contributed by atoms with Crippen LogP contribution in [0.25, 0.3) is 0 Å². The van der Waals surface area contributed by atoms with Crippen molar-refractivity contribution in [1.82, 2.24) is 10.2 Å². The lowest BCUT2D eigenvalue weighted by molar-refractivity contribution is 0.0192. The van der Waals surface area contributed by atoms with Gasteiger partial charge in [-0.1, -0.05) is 5.16 Å². The van der Waals surface area contributed by atoms with Crippen LogP contribution in [0, 0.1) is 0 Å². The Morgan fingerprint density at radius 3 is 3.00 bits per heavy atom. The van der Waals surface area contributed by atoms with Gasteiger partial charge in [-0.25, -0.2) is 4.79 Å². The number of amidine groups is 1. The molecule has 0 saturated carbocycles. The maximum atomic E-state index is 12.0. The maximum absolute atomic E-state index is 12.0. The average molecular weight is 258 g/mol. The van der Waals surface area contributed by atoms with Crippen molar-refractivity contribution in [2.24, 2.45) is 10.9 Å². The van der Waals surface area contributed by atoms with E-state index < -0.39 is 6.10 Å². The van der Waals surface area contributed by atoms with Gasteiger partial charge >= 0.3 is 6.03 Å². The highest BCUT2D eigenvalue weighted by molar-refractivity contribution is 5.85. The van der Waals surface area contributed by atoms with Crippen molar-refractivity contribution in [3.8, 4) is 0 Å². The van der Waals surface area contributed by atoms with E-state index in [1.807, 2.05) is 0 Å². The quantitative estimate of drug-likeness (QED) is 0.253. The standard InChI is InChI=1S/C10H18N4O4/c11-9(13-16)8-5-14(2-4-18-8)10(15)12-7-1-3-17-6-7/h7-8,16H,1-6H2,(H2,11,13)(H,12,15). The van der Waals surface area contributed by atoms with Crippen LogP contribution in [0.4, 0.5) is 4.79 Å². The molecule has 2 rings (SSSR count). The number of oxime groups is 1. The second kappa shape index (κ2) is 5.87. The smallest absolute Gasteiger partial charge is 0.317 e. The number of nitrogens with one attached hydrogen (secondary N) is 1. The molecule has 0 radical (unpaired) electrons. The van der Waals surface area contributed by atoms with Crippen molar-refractivity contribution in [3.63, 3.8) is 0 Å². The summed E-state index contributed by atoms with van der Waals surface area (Å²) in [4.78, 5) is 13.6. The van der Waals surface area contributed by atoms with Crippen molar-refractivity contribution >= 4 is 11.9 Å². The number of amides is 2. The van der Waals surface area contributed by atoms with Gasteiger partial charge in [0, 0.05) is 13.2 Å². The van der Waals surface area contributed by atoms with Gasteiger partial charge < -0.3 is 30.6 Å². The summed E-state index contributed by atoms with van der Waals surface area (Å²) in [5.74, 6) is -0.0169. The SMILES string of the molecule is NC(=NO)C1CN(C(=O)NC2CCOC2)CCO1. The second-order valence-corrected chi connectivity index (χ2v) is 4.34.